The summed E-state index contributed by atoms with van der Waals surface area (Å²) in [6, 6.07) is 0.532. The molecule has 2 fully saturated rings. The first-order valence-corrected chi connectivity index (χ1v) is 10.2. The van der Waals surface area contributed by atoms with Crippen LogP contribution < -0.4 is 16.0 Å². The van der Waals surface area contributed by atoms with Crippen molar-refractivity contribution in [2.45, 2.75) is 43.9 Å². The van der Waals surface area contributed by atoms with Crippen LogP contribution >= 0.6 is 0 Å². The van der Waals surface area contributed by atoms with Crippen molar-refractivity contribution in [3.05, 3.63) is 23.8 Å². The second-order valence-corrected chi connectivity index (χ2v) is 7.79. The summed E-state index contributed by atoms with van der Waals surface area (Å²) in [5, 5.41) is 2.18. The number of halogens is 5. The SMILES string of the molecule is NC(=O)[C@@H](C(=O)Nc1ccc(N2CCOCC2=O)c(C(F)(F)F)c1)N(CC(F)F)C1CCC1. The number of morpholine rings is 1. The number of rotatable bonds is 8. The van der Waals surface area contributed by atoms with E-state index in [0.29, 0.717) is 18.9 Å². The summed E-state index contributed by atoms with van der Waals surface area (Å²) in [7, 11) is 0. The van der Waals surface area contributed by atoms with Gasteiger partial charge in [0.05, 0.1) is 24.4 Å². The van der Waals surface area contributed by atoms with Gasteiger partial charge in [0.1, 0.15) is 6.61 Å². The second kappa shape index (κ2) is 10.00. The van der Waals surface area contributed by atoms with Crippen molar-refractivity contribution in [1.82, 2.24) is 4.90 Å². The van der Waals surface area contributed by atoms with Gasteiger partial charge in [-0.3, -0.25) is 19.3 Å². The average molecular weight is 478 g/mol. The van der Waals surface area contributed by atoms with E-state index in [0.717, 1.165) is 28.4 Å². The molecule has 1 atom stereocenters. The molecule has 33 heavy (non-hydrogen) atoms. The van der Waals surface area contributed by atoms with Gasteiger partial charge in [-0.05, 0) is 31.0 Å². The summed E-state index contributed by atoms with van der Waals surface area (Å²) in [6.07, 6.45) is -6.00. The molecule has 1 heterocycles. The number of carbonyl (C=O) groups excluding carboxylic acids is 3. The topological polar surface area (TPSA) is 105 Å². The molecule has 8 nitrogen and oxygen atoms in total. The molecule has 0 aromatic heterocycles. The minimum absolute atomic E-state index is 0.0585. The fourth-order valence-corrected chi connectivity index (χ4v) is 3.85. The predicted molar refractivity (Wildman–Crippen MR) is 107 cm³/mol. The fraction of sp³-hybridized carbons (Fsp3) is 0.550. The van der Waals surface area contributed by atoms with E-state index in [4.69, 9.17) is 10.5 Å². The minimum atomic E-state index is -4.87. The maximum atomic E-state index is 13.7. The highest BCUT2D eigenvalue weighted by Crippen LogP contribution is 2.39. The molecule has 2 aliphatic rings. The van der Waals surface area contributed by atoms with E-state index in [-0.39, 0.29) is 25.4 Å². The van der Waals surface area contributed by atoms with Crippen molar-refractivity contribution in [2.24, 2.45) is 5.73 Å². The highest BCUT2D eigenvalue weighted by molar-refractivity contribution is 6.09. The number of amides is 3. The van der Waals surface area contributed by atoms with E-state index >= 15 is 0 Å². The maximum absolute atomic E-state index is 13.7. The second-order valence-electron chi connectivity index (χ2n) is 7.79. The lowest BCUT2D eigenvalue weighted by molar-refractivity contribution is -0.138. The molecular formula is C20H23F5N4O4. The first kappa shape index (κ1) is 24.8. The van der Waals surface area contributed by atoms with Gasteiger partial charge < -0.3 is 20.7 Å². The molecule has 1 aliphatic heterocycles. The lowest BCUT2D eigenvalue weighted by atomic mass is 9.90. The van der Waals surface area contributed by atoms with Gasteiger partial charge in [0.25, 0.3) is 18.2 Å². The minimum Gasteiger partial charge on any atom is -0.370 e. The number of carbonyl (C=O) groups is 3. The van der Waals surface area contributed by atoms with Crippen molar-refractivity contribution in [1.29, 1.82) is 0 Å². The fourth-order valence-electron chi connectivity index (χ4n) is 3.85. The summed E-state index contributed by atoms with van der Waals surface area (Å²) in [5.41, 5.74) is 3.38. The first-order valence-electron chi connectivity index (χ1n) is 10.2. The Morgan fingerprint density at radius 3 is 2.48 bits per heavy atom. The van der Waals surface area contributed by atoms with Gasteiger partial charge in [-0.15, -0.1) is 0 Å². The monoisotopic (exact) mass is 478 g/mol. The third kappa shape index (κ3) is 5.77. The molecule has 1 saturated carbocycles. The molecule has 13 heteroatoms. The largest absolute Gasteiger partial charge is 0.418 e. The summed E-state index contributed by atoms with van der Waals surface area (Å²) in [5.74, 6) is -2.95. The van der Waals surface area contributed by atoms with Gasteiger partial charge in [0.15, 0.2) is 6.04 Å². The van der Waals surface area contributed by atoms with Crippen LogP contribution in [0.25, 0.3) is 0 Å². The van der Waals surface area contributed by atoms with E-state index in [9.17, 15) is 36.3 Å². The number of ether oxygens (including phenoxy) is 1. The van der Waals surface area contributed by atoms with Crippen molar-refractivity contribution in [3.8, 4) is 0 Å². The summed E-state index contributed by atoms with van der Waals surface area (Å²) in [6.45, 7) is -1.26. The number of nitrogens with two attached hydrogens (primary N) is 1. The summed E-state index contributed by atoms with van der Waals surface area (Å²) < 4.78 is 72.2. The molecule has 1 aliphatic carbocycles. The van der Waals surface area contributed by atoms with E-state index in [1.54, 1.807) is 0 Å². The molecule has 3 amide bonds. The number of primary amides is 1. The van der Waals surface area contributed by atoms with Crippen molar-refractivity contribution < 1.29 is 41.1 Å². The lowest BCUT2D eigenvalue weighted by Crippen LogP contribution is -2.58. The normalized spacial score (nSPS) is 18.4. The van der Waals surface area contributed by atoms with E-state index < -0.39 is 60.2 Å². The van der Waals surface area contributed by atoms with Crippen LogP contribution in [0, 0.1) is 0 Å². The maximum Gasteiger partial charge on any atom is 0.418 e. The van der Waals surface area contributed by atoms with Crippen LogP contribution in [-0.2, 0) is 25.3 Å². The third-order valence-corrected chi connectivity index (χ3v) is 5.59. The van der Waals surface area contributed by atoms with Crippen LogP contribution in [0.2, 0.25) is 0 Å². The summed E-state index contributed by atoms with van der Waals surface area (Å²) in [4.78, 5) is 38.7. The highest BCUT2D eigenvalue weighted by atomic mass is 19.4. The molecule has 0 radical (unpaired) electrons. The number of hydrogen-bond acceptors (Lipinski definition) is 5. The molecule has 1 saturated heterocycles. The van der Waals surface area contributed by atoms with E-state index in [2.05, 4.69) is 5.32 Å². The Balaban J connectivity index is 1.88. The number of nitrogens with zero attached hydrogens (tertiary/aromatic N) is 2. The Morgan fingerprint density at radius 2 is 1.97 bits per heavy atom. The van der Waals surface area contributed by atoms with Crippen LogP contribution in [0.1, 0.15) is 24.8 Å². The smallest absolute Gasteiger partial charge is 0.370 e. The molecule has 0 unspecified atom stereocenters. The third-order valence-electron chi connectivity index (χ3n) is 5.59. The van der Waals surface area contributed by atoms with Crippen LogP contribution in [0.5, 0.6) is 0 Å². The quantitative estimate of drug-likeness (QED) is 0.439. The number of alkyl halides is 5. The number of anilines is 2. The van der Waals surface area contributed by atoms with Crippen LogP contribution in [-0.4, -0.2) is 67.4 Å². The molecule has 3 rings (SSSR count). The first-order chi connectivity index (χ1) is 15.5. The van der Waals surface area contributed by atoms with Crippen LogP contribution in [0.3, 0.4) is 0 Å². The lowest BCUT2D eigenvalue weighted by Gasteiger charge is -2.40. The van der Waals surface area contributed by atoms with Gasteiger partial charge in [0, 0.05) is 18.3 Å². The molecule has 0 bridgehead atoms. The number of benzene rings is 1. The Hall–Kier alpha value is -2.80. The Morgan fingerprint density at radius 1 is 1.27 bits per heavy atom. The van der Waals surface area contributed by atoms with E-state index in [1.807, 2.05) is 0 Å². The Kier molecular flexibility index (Phi) is 7.52. The van der Waals surface area contributed by atoms with Gasteiger partial charge in [0.2, 0.25) is 5.91 Å². The molecule has 3 N–H and O–H groups in total. The number of nitrogens with one attached hydrogen (secondary N) is 1. The van der Waals surface area contributed by atoms with Crippen LogP contribution in [0.4, 0.5) is 33.3 Å². The molecular weight excluding hydrogens is 455 g/mol. The van der Waals surface area contributed by atoms with Crippen LogP contribution in [0.15, 0.2) is 18.2 Å². The number of hydrogen-bond donors (Lipinski definition) is 2. The standard InChI is InChI=1S/C20H23F5N4O4/c21-15(22)9-29(12-2-1-3-12)17(18(26)31)19(32)27-11-4-5-14(13(8-11)20(23,24)25)28-6-7-33-10-16(28)30/h4-5,8,12,15,17H,1-3,6-7,9-10H2,(H2,26,31)(H,27,32)/t17-/m0/s1. The predicted octanol–water partition coefficient (Wildman–Crippen LogP) is 1.98. The molecule has 1 aromatic rings. The van der Waals surface area contributed by atoms with Crippen molar-refractivity contribution >= 4 is 29.1 Å². The Labute approximate surface area is 185 Å². The van der Waals surface area contributed by atoms with E-state index in [1.165, 1.54) is 0 Å². The molecule has 182 valence electrons. The van der Waals surface area contributed by atoms with Gasteiger partial charge >= 0.3 is 6.18 Å². The van der Waals surface area contributed by atoms with Gasteiger partial charge in [-0.2, -0.15) is 13.2 Å². The highest BCUT2D eigenvalue weighted by Gasteiger charge is 2.40. The zero-order chi connectivity index (χ0) is 24.3. The van der Waals surface area contributed by atoms with Crippen molar-refractivity contribution in [2.75, 3.05) is 36.5 Å². The van der Waals surface area contributed by atoms with Crippen molar-refractivity contribution in [3.63, 3.8) is 0 Å². The molecule has 1 aromatic carbocycles. The van der Waals surface area contributed by atoms with Gasteiger partial charge in [-0.25, -0.2) is 8.78 Å². The zero-order valence-electron chi connectivity index (χ0n) is 17.4. The zero-order valence-corrected chi connectivity index (χ0v) is 17.4. The summed E-state index contributed by atoms with van der Waals surface area (Å²) >= 11 is 0. The van der Waals surface area contributed by atoms with Gasteiger partial charge in [-0.1, -0.05) is 6.42 Å². The molecule has 0 spiro atoms. The average Bonchev–Trinajstić information content (AvgIpc) is 2.66. The Bertz CT molecular complexity index is 907.